The summed E-state index contributed by atoms with van der Waals surface area (Å²) in [5.41, 5.74) is 3.20. The second-order valence-corrected chi connectivity index (χ2v) is 5.48. The fourth-order valence-electron chi connectivity index (χ4n) is 2.11. The number of aryl methyl sites for hydroxylation is 1. The van der Waals surface area contributed by atoms with E-state index in [0.29, 0.717) is 0 Å². The Bertz CT molecular complexity index is 756. The first-order valence-corrected chi connectivity index (χ1v) is 7.61. The van der Waals surface area contributed by atoms with Gasteiger partial charge in [0.05, 0.1) is 5.52 Å². The molecule has 0 fully saturated rings. The van der Waals surface area contributed by atoms with Crippen LogP contribution in [0.5, 0.6) is 0 Å². The molecule has 20 heavy (non-hydrogen) atoms. The van der Waals surface area contributed by atoms with Gasteiger partial charge in [0.2, 0.25) is 0 Å². The molecule has 0 spiro atoms. The van der Waals surface area contributed by atoms with Crippen molar-refractivity contribution in [2.45, 2.75) is 11.8 Å². The lowest BCUT2D eigenvalue weighted by molar-refractivity contribution is 1.21. The summed E-state index contributed by atoms with van der Waals surface area (Å²) in [7, 11) is 0. The Morgan fingerprint density at radius 3 is 2.80 bits per heavy atom. The molecule has 3 aromatic rings. The number of fused-ring (bicyclic) bond motifs is 1. The van der Waals surface area contributed by atoms with Crippen molar-refractivity contribution in [1.29, 1.82) is 0 Å². The van der Waals surface area contributed by atoms with Gasteiger partial charge in [-0.15, -0.1) is 11.8 Å². The summed E-state index contributed by atoms with van der Waals surface area (Å²) in [6, 6.07) is 14.5. The molecule has 0 atom stereocenters. The number of nitrogens with zero attached hydrogens (tertiary/aromatic N) is 2. The molecule has 100 valence electrons. The number of hydrogen-bond donors (Lipinski definition) is 1. The highest BCUT2D eigenvalue weighted by atomic mass is 32.2. The minimum absolute atomic E-state index is 0.844. The number of rotatable bonds is 3. The van der Waals surface area contributed by atoms with Crippen LogP contribution in [0.4, 0.5) is 11.5 Å². The van der Waals surface area contributed by atoms with Crippen LogP contribution >= 0.6 is 11.8 Å². The molecule has 2 aromatic carbocycles. The zero-order valence-electron chi connectivity index (χ0n) is 11.4. The SMILES string of the molecule is CSc1cccc(Nc2ncnc3ccc(C)cc23)c1. The van der Waals surface area contributed by atoms with Crippen molar-refractivity contribution in [2.24, 2.45) is 0 Å². The predicted octanol–water partition coefficient (Wildman–Crippen LogP) is 4.40. The van der Waals surface area contributed by atoms with Crippen LogP contribution in [0.25, 0.3) is 10.9 Å². The van der Waals surface area contributed by atoms with E-state index in [9.17, 15) is 0 Å². The molecule has 1 heterocycles. The van der Waals surface area contributed by atoms with Crippen molar-refractivity contribution in [2.75, 3.05) is 11.6 Å². The highest BCUT2D eigenvalue weighted by Crippen LogP contribution is 2.26. The molecule has 0 radical (unpaired) electrons. The van der Waals surface area contributed by atoms with Gasteiger partial charge in [0.25, 0.3) is 0 Å². The van der Waals surface area contributed by atoms with Crippen LogP contribution in [0.2, 0.25) is 0 Å². The van der Waals surface area contributed by atoms with Crippen molar-refractivity contribution < 1.29 is 0 Å². The van der Waals surface area contributed by atoms with Crippen molar-refractivity contribution in [3.05, 3.63) is 54.4 Å². The van der Waals surface area contributed by atoms with Gasteiger partial charge in [0, 0.05) is 16.0 Å². The Hall–Kier alpha value is -2.07. The molecule has 0 aliphatic heterocycles. The van der Waals surface area contributed by atoms with E-state index in [0.717, 1.165) is 22.4 Å². The highest BCUT2D eigenvalue weighted by Gasteiger charge is 2.04. The number of benzene rings is 2. The maximum Gasteiger partial charge on any atom is 0.141 e. The first kappa shape index (κ1) is 12.9. The molecule has 0 saturated carbocycles. The van der Waals surface area contributed by atoms with E-state index in [2.05, 4.69) is 52.7 Å². The fraction of sp³-hybridized carbons (Fsp3) is 0.125. The van der Waals surface area contributed by atoms with Crippen LogP contribution in [0.3, 0.4) is 0 Å². The lowest BCUT2D eigenvalue weighted by atomic mass is 10.1. The Morgan fingerprint density at radius 1 is 1.05 bits per heavy atom. The number of anilines is 2. The predicted molar refractivity (Wildman–Crippen MR) is 85.8 cm³/mol. The van der Waals surface area contributed by atoms with E-state index in [1.54, 1.807) is 18.1 Å². The van der Waals surface area contributed by atoms with Crippen molar-refractivity contribution >= 4 is 34.2 Å². The molecular formula is C16H15N3S. The molecular weight excluding hydrogens is 266 g/mol. The van der Waals surface area contributed by atoms with Gasteiger partial charge < -0.3 is 5.32 Å². The van der Waals surface area contributed by atoms with Crippen molar-refractivity contribution in [1.82, 2.24) is 9.97 Å². The van der Waals surface area contributed by atoms with Gasteiger partial charge >= 0.3 is 0 Å². The molecule has 0 saturated heterocycles. The molecule has 0 bridgehead atoms. The monoisotopic (exact) mass is 281 g/mol. The molecule has 0 aliphatic rings. The van der Waals surface area contributed by atoms with E-state index in [1.165, 1.54) is 10.5 Å². The minimum atomic E-state index is 0.844. The van der Waals surface area contributed by atoms with Gasteiger partial charge in [-0.25, -0.2) is 9.97 Å². The third kappa shape index (κ3) is 2.60. The Balaban J connectivity index is 2.03. The lowest BCUT2D eigenvalue weighted by Gasteiger charge is -2.09. The Labute approximate surface area is 122 Å². The van der Waals surface area contributed by atoms with Gasteiger partial charge in [0.1, 0.15) is 12.1 Å². The minimum Gasteiger partial charge on any atom is -0.340 e. The third-order valence-electron chi connectivity index (χ3n) is 3.12. The molecule has 4 heteroatoms. The van der Waals surface area contributed by atoms with Crippen molar-refractivity contribution in [3.63, 3.8) is 0 Å². The molecule has 3 rings (SSSR count). The van der Waals surface area contributed by atoms with Crippen LogP contribution in [0, 0.1) is 6.92 Å². The van der Waals surface area contributed by atoms with Crippen LogP contribution in [0.1, 0.15) is 5.56 Å². The van der Waals surface area contributed by atoms with Gasteiger partial charge in [-0.1, -0.05) is 17.7 Å². The number of nitrogens with one attached hydrogen (secondary N) is 1. The molecule has 0 aliphatic carbocycles. The van der Waals surface area contributed by atoms with E-state index < -0.39 is 0 Å². The van der Waals surface area contributed by atoms with E-state index in [1.807, 2.05) is 18.2 Å². The van der Waals surface area contributed by atoms with E-state index in [-0.39, 0.29) is 0 Å². The number of hydrogen-bond acceptors (Lipinski definition) is 4. The van der Waals surface area contributed by atoms with Crippen LogP contribution in [-0.4, -0.2) is 16.2 Å². The summed E-state index contributed by atoms with van der Waals surface area (Å²) in [6.07, 6.45) is 3.67. The van der Waals surface area contributed by atoms with Crippen LogP contribution < -0.4 is 5.32 Å². The second kappa shape index (κ2) is 5.51. The molecule has 3 nitrogen and oxygen atoms in total. The quantitative estimate of drug-likeness (QED) is 0.722. The summed E-state index contributed by atoms with van der Waals surface area (Å²) >= 11 is 1.73. The Kier molecular flexibility index (Phi) is 3.56. The van der Waals surface area contributed by atoms with Crippen molar-refractivity contribution in [3.8, 4) is 0 Å². The standard InChI is InChI=1S/C16H15N3S/c1-11-6-7-15-14(8-11)16(18-10-17-15)19-12-4-3-5-13(9-12)20-2/h3-10H,1-2H3,(H,17,18,19). The van der Waals surface area contributed by atoms with Crippen LogP contribution in [-0.2, 0) is 0 Å². The Morgan fingerprint density at radius 2 is 1.95 bits per heavy atom. The average Bonchev–Trinajstić information content (AvgIpc) is 2.48. The largest absolute Gasteiger partial charge is 0.340 e. The van der Waals surface area contributed by atoms with Crippen LogP contribution in [0.15, 0.2) is 53.7 Å². The average molecular weight is 281 g/mol. The van der Waals surface area contributed by atoms with Gasteiger partial charge in [-0.2, -0.15) is 0 Å². The van der Waals surface area contributed by atoms with Gasteiger partial charge in [-0.3, -0.25) is 0 Å². The number of aromatic nitrogens is 2. The fourth-order valence-corrected chi connectivity index (χ4v) is 2.57. The van der Waals surface area contributed by atoms with E-state index >= 15 is 0 Å². The number of thioether (sulfide) groups is 1. The first-order valence-electron chi connectivity index (χ1n) is 6.39. The first-order chi connectivity index (χ1) is 9.76. The maximum absolute atomic E-state index is 4.37. The third-order valence-corrected chi connectivity index (χ3v) is 3.85. The molecule has 1 N–H and O–H groups in total. The lowest BCUT2D eigenvalue weighted by Crippen LogP contribution is -1.96. The molecule has 1 aromatic heterocycles. The molecule has 0 amide bonds. The second-order valence-electron chi connectivity index (χ2n) is 4.60. The summed E-state index contributed by atoms with van der Waals surface area (Å²) in [6.45, 7) is 2.07. The zero-order valence-corrected chi connectivity index (χ0v) is 12.2. The smallest absolute Gasteiger partial charge is 0.141 e. The summed E-state index contributed by atoms with van der Waals surface area (Å²) in [5.74, 6) is 0.844. The normalized spacial score (nSPS) is 10.7. The summed E-state index contributed by atoms with van der Waals surface area (Å²) < 4.78 is 0. The topological polar surface area (TPSA) is 37.8 Å². The highest BCUT2D eigenvalue weighted by molar-refractivity contribution is 7.98. The maximum atomic E-state index is 4.37. The van der Waals surface area contributed by atoms with E-state index in [4.69, 9.17) is 0 Å². The molecule has 0 unspecified atom stereocenters. The summed E-state index contributed by atoms with van der Waals surface area (Å²) in [4.78, 5) is 9.90. The zero-order chi connectivity index (χ0) is 13.9. The van der Waals surface area contributed by atoms with Gasteiger partial charge in [-0.05, 0) is 43.5 Å². The summed E-state index contributed by atoms with van der Waals surface area (Å²) in [5, 5.41) is 4.43. The van der Waals surface area contributed by atoms with Gasteiger partial charge in [0.15, 0.2) is 0 Å².